The minimum Gasteiger partial charge on any atom is -0.493 e. The maximum Gasteiger partial charge on any atom is 0.305 e. The van der Waals surface area contributed by atoms with Crippen LogP contribution in [-0.4, -0.2) is 33.6 Å². The van der Waals surface area contributed by atoms with E-state index in [1.807, 2.05) is 36.4 Å². The summed E-state index contributed by atoms with van der Waals surface area (Å²) in [5.74, 6) is 1.17. The van der Waals surface area contributed by atoms with Crippen molar-refractivity contribution < 1.29 is 23.7 Å². The van der Waals surface area contributed by atoms with Gasteiger partial charge in [-0.15, -0.1) is 0 Å². The molecule has 0 unspecified atom stereocenters. The summed E-state index contributed by atoms with van der Waals surface area (Å²) in [6, 6.07) is 20.4. The molecule has 0 heterocycles. The number of benzene rings is 4. The third-order valence-corrected chi connectivity index (χ3v) is 6.47. The molecule has 0 N–H and O–H groups in total. The summed E-state index contributed by atoms with van der Waals surface area (Å²) in [5.41, 5.74) is 1.86. The van der Waals surface area contributed by atoms with Crippen molar-refractivity contribution in [3.8, 4) is 22.6 Å². The Balaban J connectivity index is 1.91. The third kappa shape index (κ3) is 5.37. The molecule has 0 atom stereocenters. The lowest BCUT2D eigenvalue weighted by Gasteiger charge is -2.20. The first-order valence-corrected chi connectivity index (χ1v) is 12.4. The molecule has 4 aromatic rings. The minimum absolute atomic E-state index is 0.126. The summed E-state index contributed by atoms with van der Waals surface area (Å²) < 4.78 is 24.2. The molecule has 0 fully saturated rings. The van der Waals surface area contributed by atoms with Crippen molar-refractivity contribution in [1.29, 1.82) is 0 Å². The van der Waals surface area contributed by atoms with Gasteiger partial charge in [-0.25, -0.2) is 0 Å². The molecule has 0 aliphatic heterocycles. The lowest BCUT2D eigenvalue weighted by atomic mass is 9.92. The Labute approximate surface area is 215 Å². The van der Waals surface area contributed by atoms with E-state index >= 15 is 0 Å². The molecular weight excluding hydrogens is 564 g/mol. The first-order valence-electron chi connectivity index (χ1n) is 10.8. The van der Waals surface area contributed by atoms with E-state index in [1.54, 1.807) is 7.11 Å². The number of methoxy groups -OCH3 is 2. The molecule has 0 aliphatic carbocycles. The molecule has 4 aromatic carbocycles. The number of fused-ring (bicyclic) bond motifs is 2. The van der Waals surface area contributed by atoms with Gasteiger partial charge in [-0.1, -0.05) is 56.1 Å². The van der Waals surface area contributed by atoms with Gasteiger partial charge in [-0.05, 0) is 64.4 Å². The van der Waals surface area contributed by atoms with Crippen LogP contribution < -0.4 is 9.47 Å². The summed E-state index contributed by atoms with van der Waals surface area (Å²) in [5, 5.41) is 4.20. The highest BCUT2D eigenvalue weighted by Crippen LogP contribution is 2.46. The van der Waals surface area contributed by atoms with Gasteiger partial charge in [0.1, 0.15) is 11.5 Å². The fourth-order valence-corrected chi connectivity index (χ4v) is 4.70. The van der Waals surface area contributed by atoms with Crippen LogP contribution in [0.2, 0.25) is 0 Å². The molecule has 0 amide bonds. The van der Waals surface area contributed by atoms with Crippen molar-refractivity contribution in [2.45, 2.75) is 12.8 Å². The second-order valence-corrected chi connectivity index (χ2v) is 9.52. The molecule has 0 spiro atoms. The van der Waals surface area contributed by atoms with Gasteiger partial charge in [0.05, 0.1) is 13.7 Å². The minimum atomic E-state index is -0.248. The fourth-order valence-electron chi connectivity index (χ4n) is 3.94. The monoisotopic (exact) mass is 586 g/mol. The highest BCUT2D eigenvalue weighted by molar-refractivity contribution is 9.10. The normalized spacial score (nSPS) is 11.1. The third-order valence-electron chi connectivity index (χ3n) is 5.48. The van der Waals surface area contributed by atoms with Crippen molar-refractivity contribution in [1.82, 2.24) is 0 Å². The molecule has 0 radical (unpaired) electrons. The molecule has 0 aromatic heterocycles. The number of hydrogen-bond acceptors (Lipinski definition) is 5. The van der Waals surface area contributed by atoms with E-state index in [-0.39, 0.29) is 12.8 Å². The lowest BCUT2D eigenvalue weighted by Crippen LogP contribution is -2.06. The summed E-state index contributed by atoms with van der Waals surface area (Å²) >= 11 is 7.15. The molecule has 34 heavy (non-hydrogen) atoms. The molecule has 7 heteroatoms. The van der Waals surface area contributed by atoms with Gasteiger partial charge in [0, 0.05) is 33.6 Å². The largest absolute Gasteiger partial charge is 0.493 e. The predicted molar refractivity (Wildman–Crippen MR) is 142 cm³/mol. The SMILES string of the molecule is COCOc1ccc2cc(Br)ccc2c1-c1c(OCCCC(=O)OC)ccc2cc(Br)ccc12. The molecule has 0 aliphatic rings. The second kappa shape index (κ2) is 11.2. The lowest BCUT2D eigenvalue weighted by molar-refractivity contribution is -0.140. The summed E-state index contributed by atoms with van der Waals surface area (Å²) in [6.07, 6.45) is 0.858. The van der Waals surface area contributed by atoms with E-state index < -0.39 is 0 Å². The van der Waals surface area contributed by atoms with Gasteiger partial charge < -0.3 is 18.9 Å². The van der Waals surface area contributed by atoms with Crippen LogP contribution >= 0.6 is 31.9 Å². The zero-order valence-electron chi connectivity index (χ0n) is 18.9. The van der Waals surface area contributed by atoms with Crippen molar-refractivity contribution in [2.24, 2.45) is 0 Å². The Morgan fingerprint density at radius 1 is 0.765 bits per heavy atom. The van der Waals surface area contributed by atoms with E-state index in [2.05, 4.69) is 56.1 Å². The zero-order valence-corrected chi connectivity index (χ0v) is 22.1. The van der Waals surface area contributed by atoms with Crippen LogP contribution in [0.4, 0.5) is 0 Å². The topological polar surface area (TPSA) is 54.0 Å². The fraction of sp³-hybridized carbons (Fsp3) is 0.222. The number of halogens is 2. The number of esters is 1. The van der Waals surface area contributed by atoms with Gasteiger partial charge in [-0.3, -0.25) is 4.79 Å². The van der Waals surface area contributed by atoms with Crippen LogP contribution in [0.3, 0.4) is 0 Å². The standard InChI is InChI=1S/C27H24Br2O5/c1-31-16-34-24-12-6-18-15-20(29)8-10-22(18)27(24)26-21-9-7-19(28)14-17(21)5-11-23(26)33-13-3-4-25(30)32-2/h5-12,14-15H,3-4,13,16H2,1-2H3. The van der Waals surface area contributed by atoms with E-state index in [1.165, 1.54) is 7.11 Å². The zero-order chi connectivity index (χ0) is 24.1. The van der Waals surface area contributed by atoms with Gasteiger partial charge >= 0.3 is 5.97 Å². The van der Waals surface area contributed by atoms with E-state index in [0.29, 0.717) is 25.2 Å². The van der Waals surface area contributed by atoms with Gasteiger partial charge in [0.2, 0.25) is 0 Å². The number of carbonyl (C=O) groups excluding carboxylic acids is 1. The van der Waals surface area contributed by atoms with E-state index in [4.69, 9.17) is 18.9 Å². The van der Waals surface area contributed by atoms with Crippen LogP contribution in [0.25, 0.3) is 32.7 Å². The number of carbonyl (C=O) groups is 1. The average molecular weight is 588 g/mol. The summed E-state index contributed by atoms with van der Waals surface area (Å²) in [4.78, 5) is 11.5. The Kier molecular flexibility index (Phi) is 8.08. The summed E-state index contributed by atoms with van der Waals surface area (Å²) in [6.45, 7) is 0.509. The summed E-state index contributed by atoms with van der Waals surface area (Å²) in [7, 11) is 2.99. The predicted octanol–water partition coefficient (Wildman–Crippen LogP) is 7.50. The number of ether oxygens (including phenoxy) is 4. The van der Waals surface area contributed by atoms with Gasteiger partial charge in [0.25, 0.3) is 0 Å². The average Bonchev–Trinajstić information content (AvgIpc) is 2.84. The molecule has 0 bridgehead atoms. The second-order valence-electron chi connectivity index (χ2n) is 7.69. The van der Waals surface area contributed by atoms with Crippen LogP contribution in [-0.2, 0) is 14.3 Å². The smallest absolute Gasteiger partial charge is 0.305 e. The Hall–Kier alpha value is -2.61. The van der Waals surface area contributed by atoms with Crippen molar-refractivity contribution in [2.75, 3.05) is 27.6 Å². The highest BCUT2D eigenvalue weighted by atomic mass is 79.9. The van der Waals surface area contributed by atoms with Crippen LogP contribution in [0.1, 0.15) is 12.8 Å². The first-order chi connectivity index (χ1) is 16.5. The Morgan fingerprint density at radius 2 is 1.32 bits per heavy atom. The molecule has 5 nitrogen and oxygen atoms in total. The number of rotatable bonds is 9. The molecule has 4 rings (SSSR count). The van der Waals surface area contributed by atoms with E-state index in [9.17, 15) is 4.79 Å². The highest BCUT2D eigenvalue weighted by Gasteiger charge is 2.19. The van der Waals surface area contributed by atoms with Gasteiger partial charge in [-0.2, -0.15) is 0 Å². The van der Waals surface area contributed by atoms with E-state index in [0.717, 1.165) is 47.4 Å². The number of hydrogen-bond donors (Lipinski definition) is 0. The van der Waals surface area contributed by atoms with Crippen molar-refractivity contribution >= 4 is 59.4 Å². The molecule has 0 saturated heterocycles. The van der Waals surface area contributed by atoms with Crippen LogP contribution in [0.15, 0.2) is 69.6 Å². The van der Waals surface area contributed by atoms with Crippen LogP contribution in [0, 0.1) is 0 Å². The Morgan fingerprint density at radius 3 is 1.85 bits per heavy atom. The van der Waals surface area contributed by atoms with Crippen molar-refractivity contribution in [3.63, 3.8) is 0 Å². The molecular formula is C27H24Br2O5. The van der Waals surface area contributed by atoms with Crippen LogP contribution in [0.5, 0.6) is 11.5 Å². The maximum atomic E-state index is 11.5. The van der Waals surface area contributed by atoms with Gasteiger partial charge in [0.15, 0.2) is 6.79 Å². The molecule has 176 valence electrons. The molecule has 0 saturated carbocycles. The first kappa shape index (κ1) is 24.5. The van der Waals surface area contributed by atoms with Crippen molar-refractivity contribution in [3.05, 3.63) is 69.6 Å². The quantitative estimate of drug-likeness (QED) is 0.115. The maximum absolute atomic E-state index is 11.5. The Bertz CT molecular complexity index is 1340.